The number of amides is 1. The molecule has 2 N–H and O–H groups in total. The normalized spacial score (nSPS) is 13.1. The van der Waals surface area contributed by atoms with Crippen molar-refractivity contribution in [3.8, 4) is 0 Å². The van der Waals surface area contributed by atoms with Gasteiger partial charge in [0, 0.05) is 25.8 Å². The summed E-state index contributed by atoms with van der Waals surface area (Å²) < 4.78 is 1.42. The first-order valence-electron chi connectivity index (χ1n) is 6.39. The second kappa shape index (κ2) is 6.04. The van der Waals surface area contributed by atoms with Gasteiger partial charge in [-0.15, -0.1) is 0 Å². The van der Waals surface area contributed by atoms with Crippen LogP contribution in [0.25, 0.3) is 0 Å². The quantitative estimate of drug-likeness (QED) is 0.631. The molecule has 1 rings (SSSR count). The maximum atomic E-state index is 12.2. The minimum Gasteiger partial charge on any atom is -0.396 e. The van der Waals surface area contributed by atoms with Gasteiger partial charge in [0.1, 0.15) is 5.69 Å². The van der Waals surface area contributed by atoms with Gasteiger partial charge in [0.25, 0.3) is 11.6 Å². The number of hydrogen-bond acceptors (Lipinski definition) is 4. The van der Waals surface area contributed by atoms with Crippen LogP contribution < -0.4 is 5.32 Å². The highest BCUT2D eigenvalue weighted by Crippen LogP contribution is 2.22. The zero-order chi connectivity index (χ0) is 15.5. The first kappa shape index (κ1) is 16.2. The molecule has 0 saturated heterocycles. The second-order valence-electron chi connectivity index (χ2n) is 5.86. The number of carbonyl (C=O) groups is 1. The van der Waals surface area contributed by atoms with Gasteiger partial charge in [-0.05, 0) is 11.8 Å². The van der Waals surface area contributed by atoms with Crippen molar-refractivity contribution >= 4 is 11.6 Å². The number of aliphatic hydroxyl groups excluding tert-OH is 1. The largest absolute Gasteiger partial charge is 0.396 e. The fourth-order valence-electron chi connectivity index (χ4n) is 1.96. The van der Waals surface area contributed by atoms with E-state index < -0.39 is 4.92 Å². The Morgan fingerprint density at radius 1 is 1.55 bits per heavy atom. The minimum atomic E-state index is -0.536. The first-order chi connectivity index (χ1) is 9.16. The molecule has 7 heteroatoms. The molecule has 0 aliphatic rings. The monoisotopic (exact) mass is 283 g/mol. The molecule has 0 spiro atoms. The van der Waals surface area contributed by atoms with E-state index >= 15 is 0 Å². The van der Waals surface area contributed by atoms with Gasteiger partial charge in [-0.25, -0.2) is 0 Å². The Morgan fingerprint density at radius 2 is 2.15 bits per heavy atom. The number of nitro groups is 1. The van der Waals surface area contributed by atoms with Crippen LogP contribution in [-0.2, 0) is 7.05 Å². The van der Waals surface area contributed by atoms with E-state index in [2.05, 4.69) is 5.32 Å². The van der Waals surface area contributed by atoms with Crippen molar-refractivity contribution in [1.29, 1.82) is 0 Å². The van der Waals surface area contributed by atoms with Crippen molar-refractivity contribution in [2.24, 2.45) is 12.5 Å². The SMILES string of the molecule is Cn1cc([N+](=O)[O-])cc1C(=O)NC(CCO)C(C)(C)C. The molecule has 1 heterocycles. The van der Waals surface area contributed by atoms with E-state index in [1.165, 1.54) is 16.8 Å². The highest BCUT2D eigenvalue weighted by Gasteiger charge is 2.27. The molecule has 0 aromatic carbocycles. The first-order valence-corrected chi connectivity index (χ1v) is 6.39. The van der Waals surface area contributed by atoms with E-state index in [1.54, 1.807) is 7.05 Å². The van der Waals surface area contributed by atoms with Gasteiger partial charge in [0.15, 0.2) is 0 Å². The summed E-state index contributed by atoms with van der Waals surface area (Å²) in [4.78, 5) is 22.4. The summed E-state index contributed by atoms with van der Waals surface area (Å²) in [6.45, 7) is 5.85. The van der Waals surface area contributed by atoms with E-state index in [0.29, 0.717) is 6.42 Å². The number of aryl methyl sites for hydroxylation is 1. The van der Waals surface area contributed by atoms with Crippen molar-refractivity contribution in [2.45, 2.75) is 33.2 Å². The maximum Gasteiger partial charge on any atom is 0.287 e. The van der Waals surface area contributed by atoms with E-state index in [0.717, 1.165) is 0 Å². The van der Waals surface area contributed by atoms with Crippen LogP contribution in [0.4, 0.5) is 5.69 Å². The molecule has 1 atom stereocenters. The van der Waals surface area contributed by atoms with Crippen LogP contribution in [-0.4, -0.2) is 33.2 Å². The van der Waals surface area contributed by atoms with Gasteiger partial charge in [-0.1, -0.05) is 20.8 Å². The van der Waals surface area contributed by atoms with Crippen LogP contribution in [0.5, 0.6) is 0 Å². The standard InChI is InChI=1S/C13H21N3O4/c1-13(2,3)11(5-6-17)14-12(18)10-7-9(16(19)20)8-15(10)4/h7-8,11,17H,5-6H2,1-4H3,(H,14,18). The summed E-state index contributed by atoms with van der Waals surface area (Å²) in [6, 6.07) is 1.03. The van der Waals surface area contributed by atoms with Crippen LogP contribution in [0, 0.1) is 15.5 Å². The number of aromatic nitrogens is 1. The van der Waals surface area contributed by atoms with E-state index in [4.69, 9.17) is 5.11 Å². The lowest BCUT2D eigenvalue weighted by Gasteiger charge is -2.31. The average Bonchev–Trinajstić information content (AvgIpc) is 2.69. The van der Waals surface area contributed by atoms with Crippen molar-refractivity contribution in [3.63, 3.8) is 0 Å². The predicted octanol–water partition coefficient (Wildman–Crippen LogP) is 1.46. The third-order valence-electron chi connectivity index (χ3n) is 3.20. The van der Waals surface area contributed by atoms with Gasteiger partial charge >= 0.3 is 0 Å². The minimum absolute atomic E-state index is 0.0322. The van der Waals surface area contributed by atoms with E-state index in [9.17, 15) is 14.9 Å². The summed E-state index contributed by atoms with van der Waals surface area (Å²) in [7, 11) is 1.58. The Bertz CT molecular complexity index is 502. The van der Waals surface area contributed by atoms with Crippen LogP contribution in [0.3, 0.4) is 0 Å². The topological polar surface area (TPSA) is 97.4 Å². The Hall–Kier alpha value is -1.89. The average molecular weight is 283 g/mol. The summed E-state index contributed by atoms with van der Waals surface area (Å²) in [6.07, 6.45) is 1.73. The Morgan fingerprint density at radius 3 is 2.55 bits per heavy atom. The molecule has 0 bridgehead atoms. The van der Waals surface area contributed by atoms with Crippen molar-refractivity contribution in [2.75, 3.05) is 6.61 Å². The highest BCUT2D eigenvalue weighted by atomic mass is 16.6. The molecule has 1 aromatic heterocycles. The predicted molar refractivity (Wildman–Crippen MR) is 74.5 cm³/mol. The Kier molecular flexibility index (Phi) is 4.88. The number of carbonyl (C=O) groups excluding carboxylic acids is 1. The molecule has 20 heavy (non-hydrogen) atoms. The highest BCUT2D eigenvalue weighted by molar-refractivity contribution is 5.93. The third-order valence-corrected chi connectivity index (χ3v) is 3.20. The number of aliphatic hydroxyl groups is 1. The summed E-state index contributed by atoms with van der Waals surface area (Å²) >= 11 is 0. The zero-order valence-electron chi connectivity index (χ0n) is 12.2. The van der Waals surface area contributed by atoms with Gasteiger partial charge in [-0.2, -0.15) is 0 Å². The molecular weight excluding hydrogens is 262 g/mol. The smallest absolute Gasteiger partial charge is 0.287 e. The lowest BCUT2D eigenvalue weighted by Crippen LogP contribution is -2.44. The molecular formula is C13H21N3O4. The fourth-order valence-corrected chi connectivity index (χ4v) is 1.96. The molecule has 1 amide bonds. The van der Waals surface area contributed by atoms with Crippen LogP contribution >= 0.6 is 0 Å². The summed E-state index contributed by atoms with van der Waals surface area (Å²) in [5, 5.41) is 22.6. The Balaban J connectivity index is 2.92. The van der Waals surface area contributed by atoms with Gasteiger partial charge < -0.3 is 15.0 Å². The third kappa shape index (κ3) is 3.80. The van der Waals surface area contributed by atoms with Gasteiger partial charge in [0.05, 0.1) is 11.1 Å². The van der Waals surface area contributed by atoms with Gasteiger partial charge in [0.2, 0.25) is 0 Å². The van der Waals surface area contributed by atoms with Crippen molar-refractivity contribution < 1.29 is 14.8 Å². The van der Waals surface area contributed by atoms with E-state index in [-0.39, 0.29) is 35.4 Å². The van der Waals surface area contributed by atoms with Crippen molar-refractivity contribution in [3.05, 3.63) is 28.1 Å². The number of hydrogen-bond donors (Lipinski definition) is 2. The van der Waals surface area contributed by atoms with E-state index in [1.807, 2.05) is 20.8 Å². The molecule has 7 nitrogen and oxygen atoms in total. The zero-order valence-corrected chi connectivity index (χ0v) is 12.2. The van der Waals surface area contributed by atoms with Crippen LogP contribution in [0.2, 0.25) is 0 Å². The van der Waals surface area contributed by atoms with Gasteiger partial charge in [-0.3, -0.25) is 14.9 Å². The number of nitrogens with zero attached hydrogens (tertiary/aromatic N) is 2. The molecule has 0 saturated carbocycles. The molecule has 0 aliphatic heterocycles. The molecule has 1 unspecified atom stereocenters. The van der Waals surface area contributed by atoms with Crippen LogP contribution in [0.15, 0.2) is 12.3 Å². The second-order valence-corrected chi connectivity index (χ2v) is 5.86. The fraction of sp³-hybridized carbons (Fsp3) is 0.615. The maximum absolute atomic E-state index is 12.2. The Labute approximate surface area is 117 Å². The lowest BCUT2D eigenvalue weighted by atomic mass is 9.85. The molecule has 0 fully saturated rings. The molecule has 0 radical (unpaired) electrons. The summed E-state index contributed by atoms with van der Waals surface area (Å²) in [5.41, 5.74) is -0.105. The molecule has 1 aromatic rings. The van der Waals surface area contributed by atoms with Crippen LogP contribution in [0.1, 0.15) is 37.7 Å². The summed E-state index contributed by atoms with van der Waals surface area (Å²) in [5.74, 6) is -0.381. The number of nitrogens with one attached hydrogen (secondary N) is 1. The van der Waals surface area contributed by atoms with Crippen molar-refractivity contribution in [1.82, 2.24) is 9.88 Å². The molecule has 0 aliphatic carbocycles. The molecule has 112 valence electrons. The number of rotatable bonds is 5. The lowest BCUT2D eigenvalue weighted by molar-refractivity contribution is -0.384.